The van der Waals surface area contributed by atoms with E-state index >= 15 is 0 Å². The molecule has 1 aromatic carbocycles. The van der Waals surface area contributed by atoms with E-state index in [1.807, 2.05) is 18.4 Å². The van der Waals surface area contributed by atoms with Crippen LogP contribution in [0.5, 0.6) is 0 Å². The fraction of sp³-hybridized carbons (Fsp3) is 0.500. The molecule has 3 nitrogen and oxygen atoms in total. The molecule has 2 rings (SSSR count). The molecule has 1 heterocycles. The number of hydrogen-bond donors (Lipinski definition) is 1. The zero-order chi connectivity index (χ0) is 15.8. The van der Waals surface area contributed by atoms with Gasteiger partial charge in [0.1, 0.15) is 0 Å². The monoisotopic (exact) mass is 318 g/mol. The first kappa shape index (κ1) is 16.0. The van der Waals surface area contributed by atoms with Crippen molar-refractivity contribution < 1.29 is 17.9 Å². The summed E-state index contributed by atoms with van der Waals surface area (Å²) in [5.74, 6) is 0.234. The molecule has 0 saturated heterocycles. The van der Waals surface area contributed by atoms with Gasteiger partial charge in [0.2, 0.25) is 0 Å². The highest BCUT2D eigenvalue weighted by molar-refractivity contribution is 7.71. The predicted octanol–water partition coefficient (Wildman–Crippen LogP) is 4.56. The Hall–Kier alpha value is -1.34. The Balaban J connectivity index is 2.61. The lowest BCUT2D eigenvalue weighted by atomic mass is 10.0. The van der Waals surface area contributed by atoms with E-state index in [0.717, 1.165) is 12.1 Å². The number of benzene rings is 1. The third-order valence-corrected chi connectivity index (χ3v) is 3.78. The van der Waals surface area contributed by atoms with E-state index in [4.69, 9.17) is 17.0 Å². The van der Waals surface area contributed by atoms with E-state index in [1.54, 1.807) is 7.11 Å². The second-order valence-electron chi connectivity index (χ2n) is 5.30. The molecular weight excluding hydrogens is 301 g/mol. The molecule has 0 bridgehead atoms. The van der Waals surface area contributed by atoms with Crippen molar-refractivity contribution in [1.29, 1.82) is 0 Å². The summed E-state index contributed by atoms with van der Waals surface area (Å²) in [6.07, 6.45) is -4.37. The first-order chi connectivity index (χ1) is 9.75. The molecule has 0 amide bonds. The van der Waals surface area contributed by atoms with Crippen LogP contribution < -0.4 is 0 Å². The van der Waals surface area contributed by atoms with Gasteiger partial charge in [-0.15, -0.1) is 0 Å². The summed E-state index contributed by atoms with van der Waals surface area (Å²) in [6.45, 7) is 4.49. The normalized spacial score (nSPS) is 14.0. The summed E-state index contributed by atoms with van der Waals surface area (Å²) in [7, 11) is 1.59. The Morgan fingerprint density at radius 1 is 1.33 bits per heavy atom. The number of rotatable bonds is 4. The van der Waals surface area contributed by atoms with Crippen LogP contribution in [0.4, 0.5) is 13.2 Å². The van der Waals surface area contributed by atoms with E-state index < -0.39 is 11.7 Å². The number of fused-ring (bicyclic) bond motifs is 1. The molecule has 2 aromatic rings. The van der Waals surface area contributed by atoms with E-state index in [2.05, 4.69) is 4.98 Å². The van der Waals surface area contributed by atoms with Crippen molar-refractivity contribution in [2.45, 2.75) is 26.1 Å². The Morgan fingerprint density at radius 2 is 2.00 bits per heavy atom. The van der Waals surface area contributed by atoms with Crippen LogP contribution in [0.3, 0.4) is 0 Å². The van der Waals surface area contributed by atoms with Crippen molar-refractivity contribution in [3.8, 4) is 0 Å². The van der Waals surface area contributed by atoms with Crippen molar-refractivity contribution in [1.82, 2.24) is 9.55 Å². The van der Waals surface area contributed by atoms with Crippen LogP contribution in [0.15, 0.2) is 18.2 Å². The zero-order valence-corrected chi connectivity index (χ0v) is 12.8. The Kier molecular flexibility index (Phi) is 4.43. The van der Waals surface area contributed by atoms with E-state index in [1.165, 1.54) is 6.07 Å². The Labute approximate surface area is 125 Å². The topological polar surface area (TPSA) is 29.9 Å². The number of methoxy groups -OCH3 is 1. The van der Waals surface area contributed by atoms with E-state index in [-0.39, 0.29) is 12.0 Å². The lowest BCUT2D eigenvalue weighted by molar-refractivity contribution is -0.137. The number of aromatic nitrogens is 2. The van der Waals surface area contributed by atoms with Gasteiger partial charge in [-0.1, -0.05) is 13.8 Å². The minimum absolute atomic E-state index is 0.0343. The molecule has 0 spiro atoms. The van der Waals surface area contributed by atoms with Crippen LogP contribution in [-0.2, 0) is 10.9 Å². The van der Waals surface area contributed by atoms with E-state index in [9.17, 15) is 13.2 Å². The fourth-order valence-electron chi connectivity index (χ4n) is 2.37. The number of ether oxygens (including phenoxy) is 1. The summed E-state index contributed by atoms with van der Waals surface area (Å²) < 4.78 is 45.7. The zero-order valence-electron chi connectivity index (χ0n) is 12.0. The Morgan fingerprint density at radius 3 is 2.52 bits per heavy atom. The van der Waals surface area contributed by atoms with Gasteiger partial charge >= 0.3 is 6.18 Å². The SMILES string of the molecule is COCC(C(C)C)n1c(=S)[nH]c2cc(C(F)(F)F)ccc21. The van der Waals surface area contributed by atoms with Crippen LogP contribution in [0, 0.1) is 10.7 Å². The van der Waals surface area contributed by atoms with Gasteiger partial charge in [0.05, 0.1) is 29.2 Å². The molecule has 1 unspecified atom stereocenters. The molecule has 21 heavy (non-hydrogen) atoms. The fourth-order valence-corrected chi connectivity index (χ4v) is 2.72. The van der Waals surface area contributed by atoms with Crippen LogP contribution >= 0.6 is 12.2 Å². The van der Waals surface area contributed by atoms with Crippen molar-refractivity contribution in [2.24, 2.45) is 5.92 Å². The molecule has 0 radical (unpaired) electrons. The van der Waals surface area contributed by atoms with Crippen LogP contribution in [0.25, 0.3) is 11.0 Å². The third kappa shape index (κ3) is 3.13. The van der Waals surface area contributed by atoms with Gasteiger partial charge in [0, 0.05) is 7.11 Å². The summed E-state index contributed by atoms with van der Waals surface area (Å²) in [4.78, 5) is 2.86. The standard InChI is InChI=1S/C14H17F3N2OS/c1-8(2)12(7-20-3)19-11-5-4-9(14(15,16)17)6-10(11)18-13(19)21/h4-6,8,12H,7H2,1-3H3,(H,18,21). The highest BCUT2D eigenvalue weighted by atomic mass is 32.1. The van der Waals surface area contributed by atoms with Crippen molar-refractivity contribution >= 4 is 23.3 Å². The number of aromatic amines is 1. The number of hydrogen-bond acceptors (Lipinski definition) is 2. The van der Waals surface area contributed by atoms with Gasteiger partial charge < -0.3 is 14.3 Å². The lowest BCUT2D eigenvalue weighted by Gasteiger charge is -2.22. The smallest absolute Gasteiger partial charge is 0.383 e. The van der Waals surface area contributed by atoms with Crippen molar-refractivity contribution in [3.63, 3.8) is 0 Å². The van der Waals surface area contributed by atoms with Gasteiger partial charge in [-0.3, -0.25) is 0 Å². The van der Waals surface area contributed by atoms with Gasteiger partial charge in [-0.05, 0) is 36.3 Å². The van der Waals surface area contributed by atoms with Gasteiger partial charge in [-0.2, -0.15) is 13.2 Å². The summed E-state index contributed by atoms with van der Waals surface area (Å²) >= 11 is 5.27. The molecular formula is C14H17F3N2OS. The first-order valence-electron chi connectivity index (χ1n) is 6.56. The highest BCUT2D eigenvalue weighted by Gasteiger charge is 2.31. The molecule has 1 atom stereocenters. The van der Waals surface area contributed by atoms with Gasteiger partial charge in [0.25, 0.3) is 0 Å². The van der Waals surface area contributed by atoms with Crippen LogP contribution in [0.2, 0.25) is 0 Å². The average molecular weight is 318 g/mol. The minimum Gasteiger partial charge on any atom is -0.383 e. The lowest BCUT2D eigenvalue weighted by Crippen LogP contribution is -2.20. The van der Waals surface area contributed by atoms with Crippen molar-refractivity contribution in [3.05, 3.63) is 28.5 Å². The largest absolute Gasteiger partial charge is 0.416 e. The molecule has 7 heteroatoms. The Bertz CT molecular complexity index is 688. The second-order valence-corrected chi connectivity index (χ2v) is 5.68. The maximum Gasteiger partial charge on any atom is 0.416 e. The minimum atomic E-state index is -4.37. The molecule has 0 fully saturated rings. The average Bonchev–Trinajstić information content (AvgIpc) is 2.69. The number of imidazole rings is 1. The van der Waals surface area contributed by atoms with Crippen LogP contribution in [0.1, 0.15) is 25.5 Å². The maximum atomic E-state index is 12.8. The van der Waals surface area contributed by atoms with Gasteiger partial charge in [-0.25, -0.2) is 0 Å². The van der Waals surface area contributed by atoms with Gasteiger partial charge in [0.15, 0.2) is 4.77 Å². The number of H-pyrrole nitrogens is 1. The summed E-state index contributed by atoms with van der Waals surface area (Å²) in [5.41, 5.74) is 0.353. The molecule has 0 saturated carbocycles. The number of nitrogens with zero attached hydrogens (tertiary/aromatic N) is 1. The molecule has 1 N–H and O–H groups in total. The molecule has 0 aliphatic carbocycles. The van der Waals surface area contributed by atoms with E-state index in [0.29, 0.717) is 22.4 Å². The summed E-state index contributed by atoms with van der Waals surface area (Å²) in [6, 6.07) is 3.58. The first-order valence-corrected chi connectivity index (χ1v) is 6.97. The van der Waals surface area contributed by atoms with Crippen molar-refractivity contribution in [2.75, 3.05) is 13.7 Å². The molecule has 0 aliphatic heterocycles. The maximum absolute atomic E-state index is 12.8. The number of alkyl halides is 3. The highest BCUT2D eigenvalue weighted by Crippen LogP contribution is 2.32. The second kappa shape index (κ2) is 5.81. The third-order valence-electron chi connectivity index (χ3n) is 3.48. The number of nitrogens with one attached hydrogen (secondary N) is 1. The molecule has 116 valence electrons. The predicted molar refractivity (Wildman–Crippen MR) is 77.9 cm³/mol. The molecule has 1 aromatic heterocycles. The summed E-state index contributed by atoms with van der Waals surface area (Å²) in [5, 5.41) is 0. The quantitative estimate of drug-likeness (QED) is 0.838. The molecule has 0 aliphatic rings. The number of halogens is 3. The van der Waals surface area contributed by atoms with Crippen LogP contribution in [-0.4, -0.2) is 23.3 Å².